The SMILES string of the molecule is COc1ccc(CC(=O)NCC(O)C(F)F)cc1F. The molecule has 0 aliphatic heterocycles. The highest BCUT2D eigenvalue weighted by atomic mass is 19.3. The molecule has 4 nitrogen and oxygen atoms in total. The Morgan fingerprint density at radius 2 is 2.16 bits per heavy atom. The van der Waals surface area contributed by atoms with Gasteiger partial charge in [0, 0.05) is 6.54 Å². The van der Waals surface area contributed by atoms with E-state index in [-0.39, 0.29) is 12.2 Å². The van der Waals surface area contributed by atoms with Gasteiger partial charge >= 0.3 is 0 Å². The van der Waals surface area contributed by atoms with Crippen molar-refractivity contribution in [1.82, 2.24) is 5.32 Å². The van der Waals surface area contributed by atoms with Gasteiger partial charge in [-0.1, -0.05) is 6.07 Å². The van der Waals surface area contributed by atoms with Crippen molar-refractivity contribution < 1.29 is 27.8 Å². The fourth-order valence-electron chi connectivity index (χ4n) is 1.38. The van der Waals surface area contributed by atoms with Gasteiger partial charge in [0.25, 0.3) is 6.43 Å². The number of carbonyl (C=O) groups is 1. The third-order valence-electron chi connectivity index (χ3n) is 2.38. The van der Waals surface area contributed by atoms with Crippen molar-refractivity contribution in [2.75, 3.05) is 13.7 Å². The smallest absolute Gasteiger partial charge is 0.265 e. The van der Waals surface area contributed by atoms with E-state index in [0.29, 0.717) is 5.56 Å². The molecule has 1 aromatic rings. The molecule has 106 valence electrons. The average molecular weight is 277 g/mol. The van der Waals surface area contributed by atoms with Crippen LogP contribution in [-0.2, 0) is 11.2 Å². The second-order valence-corrected chi connectivity index (χ2v) is 3.85. The van der Waals surface area contributed by atoms with Crippen LogP contribution >= 0.6 is 0 Å². The molecule has 1 amide bonds. The van der Waals surface area contributed by atoms with Gasteiger partial charge < -0.3 is 15.2 Å². The number of alkyl halides is 2. The molecule has 0 fully saturated rings. The molecule has 0 spiro atoms. The van der Waals surface area contributed by atoms with Gasteiger partial charge in [0.1, 0.15) is 6.10 Å². The van der Waals surface area contributed by atoms with Crippen LogP contribution in [0.4, 0.5) is 13.2 Å². The van der Waals surface area contributed by atoms with Gasteiger partial charge in [0.2, 0.25) is 5.91 Å². The van der Waals surface area contributed by atoms with Gasteiger partial charge in [-0.05, 0) is 17.7 Å². The predicted octanol–water partition coefficient (Wildman–Crippen LogP) is 1.12. The van der Waals surface area contributed by atoms with Gasteiger partial charge in [0.15, 0.2) is 11.6 Å². The number of hydrogen-bond acceptors (Lipinski definition) is 3. The molecule has 1 unspecified atom stereocenters. The molecule has 0 bridgehead atoms. The van der Waals surface area contributed by atoms with Gasteiger partial charge in [-0.3, -0.25) is 4.79 Å². The van der Waals surface area contributed by atoms with E-state index in [2.05, 4.69) is 5.32 Å². The Bertz CT molecular complexity index is 440. The number of benzene rings is 1. The van der Waals surface area contributed by atoms with E-state index in [0.717, 1.165) is 6.07 Å². The second kappa shape index (κ2) is 6.98. The number of aliphatic hydroxyl groups excluding tert-OH is 1. The van der Waals surface area contributed by atoms with Gasteiger partial charge in [-0.25, -0.2) is 13.2 Å². The predicted molar refractivity (Wildman–Crippen MR) is 61.7 cm³/mol. The van der Waals surface area contributed by atoms with E-state index >= 15 is 0 Å². The molecule has 0 heterocycles. The van der Waals surface area contributed by atoms with E-state index in [9.17, 15) is 18.0 Å². The first-order valence-electron chi connectivity index (χ1n) is 5.49. The Morgan fingerprint density at radius 3 is 2.68 bits per heavy atom. The molecular formula is C12H14F3NO3. The number of carbonyl (C=O) groups excluding carboxylic acids is 1. The summed E-state index contributed by atoms with van der Waals surface area (Å²) >= 11 is 0. The lowest BCUT2D eigenvalue weighted by atomic mass is 10.1. The molecule has 19 heavy (non-hydrogen) atoms. The summed E-state index contributed by atoms with van der Waals surface area (Å²) in [4.78, 5) is 11.4. The minimum absolute atomic E-state index is 0.0530. The summed E-state index contributed by atoms with van der Waals surface area (Å²) < 4.78 is 42.0. The maximum atomic E-state index is 13.3. The molecule has 1 atom stereocenters. The second-order valence-electron chi connectivity index (χ2n) is 3.85. The quantitative estimate of drug-likeness (QED) is 0.819. The molecule has 7 heteroatoms. The topological polar surface area (TPSA) is 58.6 Å². The van der Waals surface area contributed by atoms with Gasteiger partial charge in [-0.2, -0.15) is 0 Å². The third kappa shape index (κ3) is 4.78. The van der Waals surface area contributed by atoms with E-state index in [1.807, 2.05) is 0 Å². The lowest BCUT2D eigenvalue weighted by Gasteiger charge is -2.11. The van der Waals surface area contributed by atoms with E-state index < -0.39 is 30.8 Å². The van der Waals surface area contributed by atoms with Crippen molar-refractivity contribution in [3.8, 4) is 5.75 Å². The minimum atomic E-state index is -2.92. The molecule has 0 saturated heterocycles. The van der Waals surface area contributed by atoms with Gasteiger partial charge in [0.05, 0.1) is 13.5 Å². The van der Waals surface area contributed by atoms with Crippen LogP contribution in [0.25, 0.3) is 0 Å². The average Bonchev–Trinajstić information content (AvgIpc) is 2.36. The Balaban J connectivity index is 2.51. The number of halogens is 3. The highest BCUT2D eigenvalue weighted by Gasteiger charge is 2.17. The molecule has 0 saturated carbocycles. The molecular weight excluding hydrogens is 263 g/mol. The van der Waals surface area contributed by atoms with Crippen LogP contribution in [0.5, 0.6) is 5.75 Å². The maximum absolute atomic E-state index is 13.3. The van der Waals surface area contributed by atoms with Crippen molar-refractivity contribution in [3.63, 3.8) is 0 Å². The van der Waals surface area contributed by atoms with Crippen molar-refractivity contribution in [2.45, 2.75) is 19.0 Å². The largest absolute Gasteiger partial charge is 0.494 e. The minimum Gasteiger partial charge on any atom is -0.494 e. The fourth-order valence-corrected chi connectivity index (χ4v) is 1.38. The zero-order valence-corrected chi connectivity index (χ0v) is 10.2. The molecule has 1 rings (SSSR count). The first kappa shape index (κ1) is 15.3. The van der Waals surface area contributed by atoms with Crippen molar-refractivity contribution >= 4 is 5.91 Å². The highest BCUT2D eigenvalue weighted by molar-refractivity contribution is 5.78. The molecule has 0 aliphatic carbocycles. The Morgan fingerprint density at radius 1 is 1.47 bits per heavy atom. The summed E-state index contributed by atoms with van der Waals surface area (Å²) in [5, 5.41) is 11.0. The molecule has 1 aromatic carbocycles. The number of nitrogens with one attached hydrogen (secondary N) is 1. The van der Waals surface area contributed by atoms with Crippen LogP contribution in [0.2, 0.25) is 0 Å². The Labute approximate surface area is 108 Å². The number of ether oxygens (including phenoxy) is 1. The molecule has 0 radical (unpaired) electrons. The van der Waals surface area contributed by atoms with Crippen molar-refractivity contribution in [1.29, 1.82) is 0 Å². The third-order valence-corrected chi connectivity index (χ3v) is 2.38. The Hall–Kier alpha value is -1.76. The summed E-state index contributed by atoms with van der Waals surface area (Å²) in [5.74, 6) is -1.14. The monoisotopic (exact) mass is 277 g/mol. The normalized spacial score (nSPS) is 12.3. The van der Waals surface area contributed by atoms with Crippen LogP contribution in [0.3, 0.4) is 0 Å². The van der Waals surface area contributed by atoms with Crippen LogP contribution < -0.4 is 10.1 Å². The highest BCUT2D eigenvalue weighted by Crippen LogP contribution is 2.17. The van der Waals surface area contributed by atoms with E-state index in [1.54, 1.807) is 0 Å². The van der Waals surface area contributed by atoms with Crippen LogP contribution in [-0.4, -0.2) is 37.2 Å². The van der Waals surface area contributed by atoms with E-state index in [1.165, 1.54) is 19.2 Å². The van der Waals surface area contributed by atoms with Crippen molar-refractivity contribution in [2.24, 2.45) is 0 Å². The van der Waals surface area contributed by atoms with E-state index in [4.69, 9.17) is 9.84 Å². The number of amides is 1. The van der Waals surface area contributed by atoms with Crippen LogP contribution in [0.1, 0.15) is 5.56 Å². The fraction of sp³-hybridized carbons (Fsp3) is 0.417. The number of methoxy groups -OCH3 is 1. The standard InChI is InChI=1S/C12H14F3NO3/c1-19-10-3-2-7(4-8(10)13)5-11(18)16-6-9(17)12(14)15/h2-4,9,12,17H,5-6H2,1H3,(H,16,18). The first-order chi connectivity index (χ1) is 8.93. The van der Waals surface area contributed by atoms with Crippen molar-refractivity contribution in [3.05, 3.63) is 29.6 Å². The lowest BCUT2D eigenvalue weighted by molar-refractivity contribution is -0.121. The number of hydrogen-bond donors (Lipinski definition) is 2. The number of aliphatic hydroxyl groups is 1. The maximum Gasteiger partial charge on any atom is 0.265 e. The lowest BCUT2D eigenvalue weighted by Crippen LogP contribution is -2.36. The molecule has 0 aromatic heterocycles. The van der Waals surface area contributed by atoms with Gasteiger partial charge in [-0.15, -0.1) is 0 Å². The summed E-state index contributed by atoms with van der Waals surface area (Å²) in [6.45, 7) is -0.546. The van der Waals surface area contributed by atoms with Crippen LogP contribution in [0.15, 0.2) is 18.2 Å². The summed E-state index contributed by atoms with van der Waals surface area (Å²) in [5.41, 5.74) is 0.377. The zero-order chi connectivity index (χ0) is 14.4. The number of rotatable bonds is 6. The zero-order valence-electron chi connectivity index (χ0n) is 10.2. The molecule has 2 N–H and O–H groups in total. The summed E-state index contributed by atoms with van der Waals surface area (Å²) in [6.07, 6.45) is -4.99. The first-order valence-corrected chi connectivity index (χ1v) is 5.49. The molecule has 0 aliphatic rings. The summed E-state index contributed by atoms with van der Waals surface area (Å²) in [7, 11) is 1.32. The summed E-state index contributed by atoms with van der Waals surface area (Å²) in [6, 6.07) is 3.99. The Kier molecular flexibility index (Phi) is 5.62. The van der Waals surface area contributed by atoms with Crippen LogP contribution in [0, 0.1) is 5.82 Å².